The van der Waals surface area contributed by atoms with Crippen molar-refractivity contribution in [3.63, 3.8) is 0 Å². The van der Waals surface area contributed by atoms with Gasteiger partial charge in [0.05, 0.1) is 0 Å². The van der Waals surface area contributed by atoms with Crippen molar-refractivity contribution in [2.75, 3.05) is 11.9 Å². The zero-order chi connectivity index (χ0) is 17.1. The van der Waals surface area contributed by atoms with Gasteiger partial charge in [-0.15, -0.1) is 0 Å². The molecule has 1 heterocycles. The Labute approximate surface area is 138 Å². The van der Waals surface area contributed by atoms with Gasteiger partial charge in [0.1, 0.15) is 6.54 Å². The number of carboxylic acid groups (broad SMARTS) is 1. The highest BCUT2D eigenvalue weighted by Crippen LogP contribution is 2.23. The topological polar surface area (TPSA) is 83.4 Å². The van der Waals surface area contributed by atoms with Gasteiger partial charge < -0.3 is 20.3 Å². The smallest absolute Gasteiger partial charge is 0.322 e. The second kappa shape index (κ2) is 6.45. The molecule has 2 aromatic carbocycles. The molecule has 6 heteroatoms. The molecule has 122 valence electrons. The number of aliphatic carboxylic acids is 1. The maximum Gasteiger partial charge on any atom is 0.322 e. The normalized spacial score (nSPS) is 10.5. The first-order chi connectivity index (χ1) is 11.5. The van der Waals surface area contributed by atoms with Crippen LogP contribution in [0.25, 0.3) is 10.9 Å². The van der Waals surface area contributed by atoms with Crippen LogP contribution in [0.1, 0.15) is 10.4 Å². The lowest BCUT2D eigenvalue weighted by Crippen LogP contribution is -2.29. The van der Waals surface area contributed by atoms with E-state index in [9.17, 15) is 9.59 Å². The summed E-state index contributed by atoms with van der Waals surface area (Å²) in [5.41, 5.74) is 3.38. The predicted octanol–water partition coefficient (Wildman–Crippen LogP) is 2.74. The number of aromatic nitrogens is 1. The van der Waals surface area contributed by atoms with Gasteiger partial charge in [-0.05, 0) is 48.5 Å². The van der Waals surface area contributed by atoms with E-state index in [0.717, 1.165) is 22.3 Å². The lowest BCUT2D eigenvalue weighted by atomic mass is 10.1. The van der Waals surface area contributed by atoms with Crippen LogP contribution in [0.2, 0.25) is 0 Å². The van der Waals surface area contributed by atoms with Gasteiger partial charge in [0.25, 0.3) is 5.91 Å². The fourth-order valence-corrected chi connectivity index (χ4v) is 2.49. The quantitative estimate of drug-likeness (QED) is 0.674. The summed E-state index contributed by atoms with van der Waals surface area (Å²) in [6.07, 6.45) is 2.01. The third-order valence-electron chi connectivity index (χ3n) is 3.72. The van der Waals surface area contributed by atoms with E-state index >= 15 is 0 Å². The van der Waals surface area contributed by atoms with Crippen molar-refractivity contribution in [2.45, 2.75) is 0 Å². The molecule has 0 fully saturated rings. The Kier molecular flexibility index (Phi) is 4.20. The Balaban J connectivity index is 1.70. The molecular weight excluding hydrogens is 306 g/mol. The molecule has 1 aromatic heterocycles. The van der Waals surface area contributed by atoms with Crippen LogP contribution in [0.4, 0.5) is 11.4 Å². The van der Waals surface area contributed by atoms with Crippen molar-refractivity contribution < 1.29 is 14.7 Å². The molecule has 0 aliphatic carbocycles. The molecule has 24 heavy (non-hydrogen) atoms. The monoisotopic (exact) mass is 323 g/mol. The Hall–Kier alpha value is -3.28. The van der Waals surface area contributed by atoms with Crippen LogP contribution in [-0.2, 0) is 11.8 Å². The molecule has 3 rings (SSSR count). The summed E-state index contributed by atoms with van der Waals surface area (Å²) < 4.78 is 2.06. The van der Waals surface area contributed by atoms with Crippen molar-refractivity contribution >= 4 is 34.2 Å². The number of carboxylic acids is 1. The number of nitrogens with one attached hydrogen (secondary N) is 2. The van der Waals surface area contributed by atoms with Crippen molar-refractivity contribution in [3.05, 3.63) is 60.3 Å². The van der Waals surface area contributed by atoms with Crippen molar-refractivity contribution in [2.24, 2.45) is 7.05 Å². The van der Waals surface area contributed by atoms with E-state index < -0.39 is 18.4 Å². The van der Waals surface area contributed by atoms with E-state index in [2.05, 4.69) is 27.3 Å². The van der Waals surface area contributed by atoms with E-state index in [1.54, 1.807) is 24.3 Å². The molecule has 0 saturated heterocycles. The number of benzene rings is 2. The summed E-state index contributed by atoms with van der Waals surface area (Å²) in [4.78, 5) is 22.2. The average Bonchev–Trinajstić information content (AvgIpc) is 2.94. The molecular formula is C18H17N3O3. The summed E-state index contributed by atoms with van der Waals surface area (Å²) in [7, 11) is 2.00. The van der Waals surface area contributed by atoms with Gasteiger partial charge in [-0.3, -0.25) is 9.59 Å². The molecule has 0 saturated carbocycles. The fraction of sp³-hybridized carbons (Fsp3) is 0.111. The van der Waals surface area contributed by atoms with E-state index in [1.165, 1.54) is 0 Å². The van der Waals surface area contributed by atoms with Crippen LogP contribution < -0.4 is 10.6 Å². The summed E-state index contributed by atoms with van der Waals surface area (Å²) >= 11 is 0. The van der Waals surface area contributed by atoms with E-state index in [4.69, 9.17) is 5.11 Å². The van der Waals surface area contributed by atoms with Gasteiger partial charge in [-0.25, -0.2) is 0 Å². The minimum absolute atomic E-state index is 0.393. The highest BCUT2D eigenvalue weighted by Gasteiger charge is 2.07. The Morgan fingerprint density at radius 2 is 1.75 bits per heavy atom. The Morgan fingerprint density at radius 3 is 2.46 bits per heavy atom. The molecule has 0 atom stereocenters. The number of anilines is 2. The number of fused-ring (bicyclic) bond motifs is 1. The van der Waals surface area contributed by atoms with Crippen LogP contribution in [0, 0.1) is 0 Å². The molecule has 0 unspecified atom stereocenters. The number of hydrogen-bond acceptors (Lipinski definition) is 3. The Morgan fingerprint density at radius 1 is 1.04 bits per heavy atom. The Bertz CT molecular complexity index is 898. The second-order valence-corrected chi connectivity index (χ2v) is 5.48. The number of carbonyl (C=O) groups is 2. The second-order valence-electron chi connectivity index (χ2n) is 5.48. The highest BCUT2D eigenvalue weighted by atomic mass is 16.4. The minimum atomic E-state index is -1.07. The number of amides is 1. The average molecular weight is 323 g/mol. The third-order valence-corrected chi connectivity index (χ3v) is 3.72. The molecule has 6 nitrogen and oxygen atoms in total. The fourth-order valence-electron chi connectivity index (χ4n) is 2.49. The largest absolute Gasteiger partial charge is 0.480 e. The van der Waals surface area contributed by atoms with Gasteiger partial charge in [0, 0.05) is 41.1 Å². The maximum absolute atomic E-state index is 11.8. The number of hydrogen-bond donors (Lipinski definition) is 3. The van der Waals surface area contributed by atoms with Gasteiger partial charge in [-0.1, -0.05) is 0 Å². The standard InChI is InChI=1S/C18H17N3O3/c1-21-9-8-13-10-15(6-7-16(13)21)20-14-4-2-12(3-5-14)18(24)19-11-17(22)23/h2-10,20H,11H2,1H3,(H,19,24)(H,22,23). The number of aryl methyl sites for hydroxylation is 1. The third kappa shape index (κ3) is 3.38. The van der Waals surface area contributed by atoms with Crippen LogP contribution in [0.5, 0.6) is 0 Å². The first-order valence-electron chi connectivity index (χ1n) is 7.45. The first-order valence-corrected chi connectivity index (χ1v) is 7.45. The summed E-state index contributed by atoms with van der Waals surface area (Å²) in [5, 5.41) is 15.3. The first kappa shape index (κ1) is 15.6. The minimum Gasteiger partial charge on any atom is -0.480 e. The molecule has 0 aliphatic heterocycles. The summed E-state index contributed by atoms with van der Waals surface area (Å²) in [6, 6.07) is 15.0. The highest BCUT2D eigenvalue weighted by molar-refractivity contribution is 5.96. The van der Waals surface area contributed by atoms with E-state index in [0.29, 0.717) is 5.56 Å². The molecule has 0 radical (unpaired) electrons. The molecule has 0 aliphatic rings. The van der Waals surface area contributed by atoms with Crippen molar-refractivity contribution in [1.82, 2.24) is 9.88 Å². The molecule has 3 aromatic rings. The van der Waals surface area contributed by atoms with E-state index in [1.807, 2.05) is 25.4 Å². The number of rotatable bonds is 5. The molecule has 1 amide bonds. The van der Waals surface area contributed by atoms with E-state index in [-0.39, 0.29) is 0 Å². The van der Waals surface area contributed by atoms with Crippen LogP contribution in [-0.4, -0.2) is 28.1 Å². The predicted molar refractivity (Wildman–Crippen MR) is 92.6 cm³/mol. The van der Waals surface area contributed by atoms with Crippen molar-refractivity contribution in [3.8, 4) is 0 Å². The van der Waals surface area contributed by atoms with Crippen LogP contribution in [0.3, 0.4) is 0 Å². The van der Waals surface area contributed by atoms with Crippen LogP contribution >= 0.6 is 0 Å². The van der Waals surface area contributed by atoms with Gasteiger partial charge >= 0.3 is 5.97 Å². The summed E-state index contributed by atoms with van der Waals surface area (Å²) in [6.45, 7) is -0.393. The summed E-state index contributed by atoms with van der Waals surface area (Å²) in [5.74, 6) is -1.48. The van der Waals surface area contributed by atoms with Gasteiger partial charge in [0.2, 0.25) is 0 Å². The van der Waals surface area contributed by atoms with Crippen LogP contribution in [0.15, 0.2) is 54.7 Å². The SMILES string of the molecule is Cn1ccc2cc(Nc3ccc(C(=O)NCC(=O)O)cc3)ccc21. The lowest BCUT2D eigenvalue weighted by molar-refractivity contribution is -0.135. The van der Waals surface area contributed by atoms with Gasteiger partial charge in [0.15, 0.2) is 0 Å². The molecule has 0 spiro atoms. The zero-order valence-electron chi connectivity index (χ0n) is 13.1. The lowest BCUT2D eigenvalue weighted by Gasteiger charge is -2.08. The van der Waals surface area contributed by atoms with Gasteiger partial charge in [-0.2, -0.15) is 0 Å². The maximum atomic E-state index is 11.8. The number of nitrogens with zero attached hydrogens (tertiary/aromatic N) is 1. The molecule has 0 bridgehead atoms. The molecule has 3 N–H and O–H groups in total. The zero-order valence-corrected chi connectivity index (χ0v) is 13.1. The number of carbonyl (C=O) groups excluding carboxylic acids is 1. The van der Waals surface area contributed by atoms with Crippen molar-refractivity contribution in [1.29, 1.82) is 0 Å².